The Labute approximate surface area is 324 Å². The van der Waals surface area contributed by atoms with Crippen LogP contribution in [0.3, 0.4) is 0 Å². The van der Waals surface area contributed by atoms with Gasteiger partial charge in [0.1, 0.15) is 0 Å². The molecule has 6 heteroatoms. The van der Waals surface area contributed by atoms with Gasteiger partial charge in [0.05, 0.1) is 22.6 Å². The second-order valence-corrected chi connectivity index (χ2v) is 13.6. The first-order chi connectivity index (χ1) is 27.7. The highest BCUT2D eigenvalue weighted by atomic mass is 15.0. The first kappa shape index (κ1) is 32.9. The maximum atomic E-state index is 5.13. The normalized spacial score (nSPS) is 11.2. The third-order valence-electron chi connectivity index (χ3n) is 10.1. The molecule has 4 aromatic heterocycles. The van der Waals surface area contributed by atoms with Crippen molar-refractivity contribution in [1.29, 1.82) is 0 Å². The second-order valence-electron chi connectivity index (χ2n) is 13.6. The lowest BCUT2D eigenvalue weighted by atomic mass is 10.00. The zero-order valence-electron chi connectivity index (χ0n) is 30.2. The van der Waals surface area contributed by atoms with E-state index >= 15 is 0 Å². The number of benzene rings is 6. The maximum absolute atomic E-state index is 5.13. The highest BCUT2D eigenvalue weighted by Crippen LogP contribution is 2.34. The number of nitrogens with zero attached hydrogens (tertiary/aromatic N) is 6. The third-order valence-corrected chi connectivity index (χ3v) is 10.1. The molecule has 0 saturated heterocycles. The van der Waals surface area contributed by atoms with Gasteiger partial charge < -0.3 is 0 Å². The van der Waals surface area contributed by atoms with Crippen LogP contribution >= 0.6 is 0 Å². The first-order valence-electron chi connectivity index (χ1n) is 18.5. The van der Waals surface area contributed by atoms with Crippen molar-refractivity contribution < 1.29 is 0 Å². The molecule has 0 aliphatic heterocycles. The summed E-state index contributed by atoms with van der Waals surface area (Å²) in [6, 6.07) is 62.1. The smallest absolute Gasteiger partial charge is 0.164 e. The maximum Gasteiger partial charge on any atom is 0.164 e. The summed E-state index contributed by atoms with van der Waals surface area (Å²) in [5.74, 6) is 1.85. The van der Waals surface area contributed by atoms with Crippen LogP contribution < -0.4 is 0 Å². The summed E-state index contributed by atoms with van der Waals surface area (Å²) in [6.07, 6.45) is 3.61. The quantitative estimate of drug-likeness (QED) is 0.153. The fourth-order valence-corrected chi connectivity index (χ4v) is 7.20. The standard InChI is InChI=1S/C50H32N6/c1-2-10-37(11-3-1)48-54-49(38-26-22-33(23-27-38)35-28-30-51-31-29-35)56-50(55-48)40-13-8-12-39(32-40)34-20-24-36(25-21-34)44-18-9-19-46(52-44)47-43-16-5-4-14-41(43)42-15-6-7-17-45(42)53-47/h1-32H. The van der Waals surface area contributed by atoms with Crippen molar-refractivity contribution in [3.05, 3.63) is 194 Å². The van der Waals surface area contributed by atoms with Crippen LogP contribution in [0.15, 0.2) is 194 Å². The summed E-state index contributed by atoms with van der Waals surface area (Å²) in [6.45, 7) is 0. The second kappa shape index (κ2) is 14.3. The van der Waals surface area contributed by atoms with E-state index < -0.39 is 0 Å². The lowest BCUT2D eigenvalue weighted by molar-refractivity contribution is 1.07. The van der Waals surface area contributed by atoms with E-state index in [0.717, 1.165) is 77.9 Å². The molecule has 10 aromatic rings. The molecular formula is C50H32N6. The van der Waals surface area contributed by atoms with E-state index in [1.807, 2.05) is 54.6 Å². The van der Waals surface area contributed by atoms with E-state index in [-0.39, 0.29) is 0 Å². The molecule has 0 aliphatic rings. The lowest BCUT2D eigenvalue weighted by Crippen LogP contribution is -2.00. The molecule has 56 heavy (non-hydrogen) atoms. The fourth-order valence-electron chi connectivity index (χ4n) is 7.20. The van der Waals surface area contributed by atoms with Crippen molar-refractivity contribution in [3.63, 3.8) is 0 Å². The minimum atomic E-state index is 0.612. The predicted molar refractivity (Wildman–Crippen MR) is 226 cm³/mol. The molecule has 0 atom stereocenters. The molecule has 0 fully saturated rings. The Hall–Kier alpha value is -7.70. The largest absolute Gasteiger partial charge is 0.265 e. The van der Waals surface area contributed by atoms with Gasteiger partial charge in [0.2, 0.25) is 0 Å². The molecule has 0 aliphatic carbocycles. The van der Waals surface area contributed by atoms with E-state index in [0.29, 0.717) is 17.5 Å². The molecule has 6 aromatic carbocycles. The molecule has 0 amide bonds. The number of rotatable bonds is 7. The Morgan fingerprint density at radius 3 is 1.52 bits per heavy atom. The summed E-state index contributed by atoms with van der Waals surface area (Å²) < 4.78 is 0. The Morgan fingerprint density at radius 1 is 0.268 bits per heavy atom. The third kappa shape index (κ3) is 6.35. The van der Waals surface area contributed by atoms with Gasteiger partial charge in [-0.25, -0.2) is 24.9 Å². The Kier molecular flexibility index (Phi) is 8.39. The van der Waals surface area contributed by atoms with Crippen LogP contribution in [-0.4, -0.2) is 29.9 Å². The summed E-state index contributed by atoms with van der Waals surface area (Å²) >= 11 is 0. The van der Waals surface area contributed by atoms with Crippen LogP contribution in [0.25, 0.3) is 101 Å². The summed E-state index contributed by atoms with van der Waals surface area (Å²) in [5.41, 5.74) is 11.7. The number of para-hydroxylation sites is 1. The van der Waals surface area contributed by atoms with Crippen LogP contribution in [0, 0.1) is 0 Å². The number of aromatic nitrogens is 6. The number of pyridine rings is 3. The Bertz CT molecular complexity index is 3000. The van der Waals surface area contributed by atoms with Gasteiger partial charge in [0.25, 0.3) is 0 Å². The van der Waals surface area contributed by atoms with Crippen LogP contribution in [-0.2, 0) is 0 Å². The summed E-state index contributed by atoms with van der Waals surface area (Å²) in [4.78, 5) is 29.3. The molecule has 6 nitrogen and oxygen atoms in total. The molecule has 0 unspecified atom stereocenters. The fraction of sp³-hybridized carbons (Fsp3) is 0. The molecule has 4 heterocycles. The summed E-state index contributed by atoms with van der Waals surface area (Å²) in [5, 5.41) is 3.40. The van der Waals surface area contributed by atoms with Crippen LogP contribution in [0.5, 0.6) is 0 Å². The van der Waals surface area contributed by atoms with Crippen molar-refractivity contribution in [2.24, 2.45) is 0 Å². The van der Waals surface area contributed by atoms with E-state index in [9.17, 15) is 0 Å². The van der Waals surface area contributed by atoms with E-state index in [1.165, 1.54) is 5.39 Å². The van der Waals surface area contributed by atoms with E-state index in [2.05, 4.69) is 132 Å². The van der Waals surface area contributed by atoms with Crippen molar-refractivity contribution in [3.8, 4) is 79.1 Å². The zero-order chi connectivity index (χ0) is 37.3. The van der Waals surface area contributed by atoms with Crippen LogP contribution in [0.2, 0.25) is 0 Å². The molecule has 0 saturated carbocycles. The number of hydrogen-bond acceptors (Lipinski definition) is 6. The van der Waals surface area contributed by atoms with Crippen molar-refractivity contribution in [2.45, 2.75) is 0 Å². The molecule has 0 N–H and O–H groups in total. The lowest BCUT2D eigenvalue weighted by Gasteiger charge is -2.11. The minimum Gasteiger partial charge on any atom is -0.265 e. The van der Waals surface area contributed by atoms with Gasteiger partial charge in [-0.15, -0.1) is 0 Å². The Balaban J connectivity index is 0.977. The summed E-state index contributed by atoms with van der Waals surface area (Å²) in [7, 11) is 0. The van der Waals surface area contributed by atoms with Gasteiger partial charge in [-0.2, -0.15) is 0 Å². The SMILES string of the molecule is c1ccc(-c2nc(-c3ccc(-c4ccncc4)cc3)nc(-c3cccc(-c4ccc(-c5cccc(-c6nc7ccccc7c7ccccc67)n5)cc4)c3)n2)cc1. The van der Waals surface area contributed by atoms with E-state index in [1.54, 1.807) is 12.4 Å². The molecule has 0 spiro atoms. The van der Waals surface area contributed by atoms with Gasteiger partial charge in [-0.05, 0) is 64.0 Å². The topological polar surface area (TPSA) is 77.3 Å². The molecular weight excluding hydrogens is 685 g/mol. The highest BCUT2D eigenvalue weighted by molar-refractivity contribution is 6.10. The Morgan fingerprint density at radius 2 is 0.768 bits per heavy atom. The predicted octanol–water partition coefficient (Wildman–Crippen LogP) is 12.0. The minimum absolute atomic E-state index is 0.612. The average Bonchev–Trinajstić information content (AvgIpc) is 3.29. The molecule has 262 valence electrons. The zero-order valence-corrected chi connectivity index (χ0v) is 30.2. The molecule has 10 rings (SSSR count). The van der Waals surface area contributed by atoms with Crippen molar-refractivity contribution >= 4 is 21.7 Å². The van der Waals surface area contributed by atoms with Crippen molar-refractivity contribution in [1.82, 2.24) is 29.9 Å². The molecule has 0 radical (unpaired) electrons. The average molecular weight is 717 g/mol. The van der Waals surface area contributed by atoms with Gasteiger partial charge in [-0.3, -0.25) is 4.98 Å². The number of hydrogen-bond donors (Lipinski definition) is 0. The monoisotopic (exact) mass is 716 g/mol. The van der Waals surface area contributed by atoms with Gasteiger partial charge >= 0.3 is 0 Å². The van der Waals surface area contributed by atoms with Crippen molar-refractivity contribution in [2.75, 3.05) is 0 Å². The first-order valence-corrected chi connectivity index (χ1v) is 18.5. The van der Waals surface area contributed by atoms with Gasteiger partial charge in [-0.1, -0.05) is 146 Å². The van der Waals surface area contributed by atoms with E-state index in [4.69, 9.17) is 24.9 Å². The highest BCUT2D eigenvalue weighted by Gasteiger charge is 2.15. The van der Waals surface area contributed by atoms with Gasteiger partial charge in [0.15, 0.2) is 17.5 Å². The molecule has 0 bridgehead atoms. The van der Waals surface area contributed by atoms with Gasteiger partial charge in [0, 0.05) is 45.4 Å². The van der Waals surface area contributed by atoms with Crippen LogP contribution in [0.1, 0.15) is 0 Å². The number of fused-ring (bicyclic) bond motifs is 3. The van der Waals surface area contributed by atoms with Crippen LogP contribution in [0.4, 0.5) is 0 Å².